The molecule has 0 spiro atoms. The van der Waals surface area contributed by atoms with E-state index >= 15 is 0 Å². The highest BCUT2D eigenvalue weighted by atomic mass is 16.7. The number of nitrogens with zero attached hydrogens (tertiary/aromatic N) is 2. The Morgan fingerprint density at radius 1 is 1.26 bits per heavy atom. The first-order chi connectivity index (χ1) is 11.1. The zero-order chi connectivity index (χ0) is 16.4. The Hall–Kier alpha value is -1.15. The fourth-order valence-electron chi connectivity index (χ4n) is 3.24. The van der Waals surface area contributed by atoms with Gasteiger partial charge >= 0.3 is 0 Å². The summed E-state index contributed by atoms with van der Waals surface area (Å²) in [4.78, 5) is 0. The Labute approximate surface area is 136 Å². The molecule has 0 bridgehead atoms. The lowest BCUT2D eigenvalue weighted by molar-refractivity contribution is -0.186. The smallest absolute Gasteiger partial charge is 0.238 e. The first kappa shape index (κ1) is 16.7. The molecule has 3 atom stereocenters. The molecule has 2 fully saturated rings. The summed E-state index contributed by atoms with van der Waals surface area (Å²) in [5.41, 5.74) is 2.07. The Kier molecular flexibility index (Phi) is 5.21. The van der Waals surface area contributed by atoms with E-state index in [0.29, 0.717) is 24.8 Å². The minimum Gasteiger partial charge on any atom is -0.446 e. The molecular weight excluding hydrogens is 300 g/mol. The van der Waals surface area contributed by atoms with Crippen molar-refractivity contribution in [2.24, 2.45) is 0 Å². The molecule has 3 heterocycles. The summed E-state index contributed by atoms with van der Waals surface area (Å²) in [5.74, 6) is 0.546. The Bertz CT molecular complexity index is 527. The average molecular weight is 326 g/mol. The van der Waals surface area contributed by atoms with E-state index in [4.69, 9.17) is 14.2 Å². The highest BCUT2D eigenvalue weighted by Crippen LogP contribution is 2.30. The molecule has 7 heteroatoms. The zero-order valence-corrected chi connectivity index (χ0v) is 13.8. The van der Waals surface area contributed by atoms with Crippen LogP contribution >= 0.6 is 0 Å². The Balaban J connectivity index is 1.72. The van der Waals surface area contributed by atoms with E-state index in [1.807, 2.05) is 18.5 Å². The second-order valence-corrected chi connectivity index (χ2v) is 6.42. The van der Waals surface area contributed by atoms with Crippen LogP contribution in [-0.2, 0) is 9.47 Å². The molecule has 0 radical (unpaired) electrons. The molecule has 0 amide bonds. The van der Waals surface area contributed by atoms with Crippen LogP contribution in [0.5, 0.6) is 5.88 Å². The standard InChI is InChI=1S/C16H26N2O5/c1-10-11(2)18(12-3-5-21-6-4-12)17-16(10)23-15-8-13(20)7-14(9-19)22-15/h12-15,19-20H,3-9H2,1-2H3. The number of aliphatic hydroxyl groups excluding tert-OH is 2. The van der Waals surface area contributed by atoms with Crippen molar-refractivity contribution in [3.63, 3.8) is 0 Å². The number of hydrogen-bond acceptors (Lipinski definition) is 6. The minimum atomic E-state index is -0.577. The van der Waals surface area contributed by atoms with Gasteiger partial charge in [0.05, 0.1) is 24.9 Å². The predicted molar refractivity (Wildman–Crippen MR) is 82.4 cm³/mol. The first-order valence-electron chi connectivity index (χ1n) is 8.33. The van der Waals surface area contributed by atoms with Crippen LogP contribution < -0.4 is 4.74 Å². The molecule has 1 aromatic rings. The molecule has 3 rings (SSSR count). The second kappa shape index (κ2) is 7.17. The fraction of sp³-hybridized carbons (Fsp3) is 0.812. The molecule has 2 N–H and O–H groups in total. The van der Waals surface area contributed by atoms with Crippen LogP contribution in [0.1, 0.15) is 43.0 Å². The Morgan fingerprint density at radius 2 is 2.00 bits per heavy atom. The summed E-state index contributed by atoms with van der Waals surface area (Å²) in [7, 11) is 0. The van der Waals surface area contributed by atoms with E-state index in [2.05, 4.69) is 5.10 Å². The van der Waals surface area contributed by atoms with Crippen LogP contribution in [0.2, 0.25) is 0 Å². The van der Waals surface area contributed by atoms with Crippen molar-refractivity contribution in [3.05, 3.63) is 11.3 Å². The predicted octanol–water partition coefficient (Wildman–Crippen LogP) is 1.09. The van der Waals surface area contributed by atoms with Gasteiger partial charge in [-0.1, -0.05) is 0 Å². The summed E-state index contributed by atoms with van der Waals surface area (Å²) in [5, 5.41) is 23.7. The lowest BCUT2D eigenvalue weighted by Crippen LogP contribution is -2.40. The number of ether oxygens (including phenoxy) is 3. The van der Waals surface area contributed by atoms with Gasteiger partial charge in [0.25, 0.3) is 0 Å². The lowest BCUT2D eigenvalue weighted by Gasteiger charge is -2.31. The van der Waals surface area contributed by atoms with Gasteiger partial charge in [-0.3, -0.25) is 4.68 Å². The highest BCUT2D eigenvalue weighted by Gasteiger charge is 2.31. The van der Waals surface area contributed by atoms with E-state index < -0.39 is 12.4 Å². The van der Waals surface area contributed by atoms with Crippen molar-refractivity contribution in [2.45, 2.75) is 64.1 Å². The zero-order valence-electron chi connectivity index (χ0n) is 13.8. The monoisotopic (exact) mass is 326 g/mol. The number of aliphatic hydroxyl groups is 2. The molecule has 3 unspecified atom stereocenters. The topological polar surface area (TPSA) is 86.0 Å². The first-order valence-corrected chi connectivity index (χ1v) is 8.33. The van der Waals surface area contributed by atoms with Crippen molar-refractivity contribution in [1.82, 2.24) is 9.78 Å². The summed E-state index contributed by atoms with van der Waals surface area (Å²) >= 11 is 0. The molecular formula is C16H26N2O5. The molecule has 0 saturated carbocycles. The van der Waals surface area contributed by atoms with Crippen molar-refractivity contribution in [2.75, 3.05) is 19.8 Å². The third-order valence-corrected chi connectivity index (χ3v) is 4.73. The van der Waals surface area contributed by atoms with E-state index in [1.54, 1.807) is 0 Å². The number of aromatic nitrogens is 2. The van der Waals surface area contributed by atoms with E-state index in [1.165, 1.54) is 0 Å². The molecule has 0 aromatic carbocycles. The van der Waals surface area contributed by atoms with Gasteiger partial charge in [-0.15, -0.1) is 5.10 Å². The average Bonchev–Trinajstić information content (AvgIpc) is 2.83. The summed E-state index contributed by atoms with van der Waals surface area (Å²) in [6.45, 7) is 5.42. The SMILES string of the molecule is Cc1c(OC2CC(O)CC(CO)O2)nn(C2CCOCC2)c1C. The molecule has 2 aliphatic rings. The van der Waals surface area contributed by atoms with Gasteiger partial charge < -0.3 is 24.4 Å². The third kappa shape index (κ3) is 3.68. The van der Waals surface area contributed by atoms with Crippen LogP contribution in [0.4, 0.5) is 0 Å². The highest BCUT2D eigenvalue weighted by molar-refractivity contribution is 5.29. The molecule has 1 aromatic heterocycles. The molecule has 2 aliphatic heterocycles. The van der Waals surface area contributed by atoms with E-state index in [9.17, 15) is 10.2 Å². The van der Waals surface area contributed by atoms with Crippen molar-refractivity contribution < 1.29 is 24.4 Å². The van der Waals surface area contributed by atoms with E-state index in [-0.39, 0.29) is 12.7 Å². The van der Waals surface area contributed by atoms with Crippen molar-refractivity contribution in [1.29, 1.82) is 0 Å². The quantitative estimate of drug-likeness (QED) is 0.861. The maximum absolute atomic E-state index is 9.88. The van der Waals surface area contributed by atoms with Crippen LogP contribution in [0, 0.1) is 13.8 Å². The van der Waals surface area contributed by atoms with Crippen molar-refractivity contribution in [3.8, 4) is 5.88 Å². The third-order valence-electron chi connectivity index (χ3n) is 4.73. The van der Waals surface area contributed by atoms with Crippen LogP contribution in [-0.4, -0.2) is 58.3 Å². The van der Waals surface area contributed by atoms with Gasteiger partial charge in [-0.2, -0.15) is 0 Å². The maximum atomic E-state index is 9.88. The summed E-state index contributed by atoms with van der Waals surface area (Å²) < 4.78 is 19.0. The van der Waals surface area contributed by atoms with Gasteiger partial charge in [-0.05, 0) is 26.7 Å². The normalized spacial score (nSPS) is 29.7. The van der Waals surface area contributed by atoms with Crippen LogP contribution in [0.25, 0.3) is 0 Å². The van der Waals surface area contributed by atoms with Crippen LogP contribution in [0.15, 0.2) is 0 Å². The summed E-state index contributed by atoms with van der Waals surface area (Å²) in [6, 6.07) is 0.336. The van der Waals surface area contributed by atoms with Gasteiger partial charge in [0.15, 0.2) is 0 Å². The largest absolute Gasteiger partial charge is 0.446 e. The molecule has 2 saturated heterocycles. The van der Waals surface area contributed by atoms with Crippen LogP contribution in [0.3, 0.4) is 0 Å². The van der Waals surface area contributed by atoms with Gasteiger partial charge in [-0.25, -0.2) is 0 Å². The molecule has 130 valence electrons. The maximum Gasteiger partial charge on any atom is 0.238 e. The second-order valence-electron chi connectivity index (χ2n) is 6.42. The number of rotatable bonds is 4. The Morgan fingerprint density at radius 3 is 2.70 bits per heavy atom. The lowest BCUT2D eigenvalue weighted by atomic mass is 10.1. The van der Waals surface area contributed by atoms with Crippen molar-refractivity contribution >= 4 is 0 Å². The molecule has 7 nitrogen and oxygen atoms in total. The minimum absolute atomic E-state index is 0.120. The number of hydrogen-bond donors (Lipinski definition) is 2. The molecule has 23 heavy (non-hydrogen) atoms. The fourth-order valence-corrected chi connectivity index (χ4v) is 3.24. The van der Waals surface area contributed by atoms with E-state index in [0.717, 1.165) is 37.3 Å². The van der Waals surface area contributed by atoms with Gasteiger partial charge in [0, 0.05) is 37.3 Å². The van der Waals surface area contributed by atoms with Gasteiger partial charge in [0.1, 0.15) is 0 Å². The summed E-state index contributed by atoms with van der Waals surface area (Å²) in [6.07, 6.45) is 1.24. The van der Waals surface area contributed by atoms with Gasteiger partial charge in [0.2, 0.25) is 12.2 Å². The molecule has 0 aliphatic carbocycles.